The Morgan fingerprint density at radius 1 is 1.44 bits per heavy atom. The van der Waals surface area contributed by atoms with Crippen LogP contribution in [0.3, 0.4) is 0 Å². The summed E-state index contributed by atoms with van der Waals surface area (Å²) in [6, 6.07) is 4.73. The van der Waals surface area contributed by atoms with Gasteiger partial charge >= 0.3 is 6.03 Å². The summed E-state index contributed by atoms with van der Waals surface area (Å²) in [5.74, 6) is -0.324. The van der Waals surface area contributed by atoms with E-state index in [1.165, 1.54) is 11.8 Å². The van der Waals surface area contributed by atoms with E-state index in [1.807, 2.05) is 30.4 Å². The molecule has 0 unspecified atom stereocenters. The quantitative estimate of drug-likeness (QED) is 0.538. The molecule has 86 valence electrons. The molecule has 0 aliphatic rings. The van der Waals surface area contributed by atoms with Crippen molar-refractivity contribution in [1.29, 1.82) is 0 Å². The Kier molecular flexibility index (Phi) is 4.19. The molecule has 0 aromatic heterocycles. The number of amides is 3. The van der Waals surface area contributed by atoms with E-state index in [0.717, 1.165) is 10.5 Å². The molecule has 3 amide bonds. The van der Waals surface area contributed by atoms with Gasteiger partial charge < -0.3 is 11.5 Å². The Balaban J connectivity index is 2.58. The van der Waals surface area contributed by atoms with Gasteiger partial charge in [0.15, 0.2) is 0 Å². The highest BCUT2D eigenvalue weighted by Gasteiger charge is 2.07. The van der Waals surface area contributed by atoms with E-state index < -0.39 is 11.9 Å². The van der Waals surface area contributed by atoms with E-state index in [1.54, 1.807) is 0 Å². The maximum Gasteiger partial charge on any atom is 0.318 e. The van der Waals surface area contributed by atoms with Gasteiger partial charge in [0.25, 0.3) is 0 Å². The minimum Gasteiger partial charge on any atom is -0.398 e. The Hall–Kier alpha value is -1.69. The number of hydrogen-bond donors (Lipinski definition) is 3. The first-order chi connectivity index (χ1) is 7.50. The Morgan fingerprint density at radius 2 is 2.12 bits per heavy atom. The van der Waals surface area contributed by atoms with Gasteiger partial charge in [-0.15, -0.1) is 11.8 Å². The summed E-state index contributed by atoms with van der Waals surface area (Å²) in [5, 5.41) is 1.99. The van der Waals surface area contributed by atoms with Gasteiger partial charge in [0.05, 0.1) is 5.75 Å². The number of benzene rings is 1. The number of aryl methyl sites for hydroxylation is 1. The number of nitrogens with two attached hydrogens (primary N) is 2. The van der Waals surface area contributed by atoms with Crippen LogP contribution in [-0.2, 0) is 4.79 Å². The van der Waals surface area contributed by atoms with Crippen molar-refractivity contribution in [1.82, 2.24) is 5.32 Å². The summed E-state index contributed by atoms with van der Waals surface area (Å²) >= 11 is 1.27. The van der Waals surface area contributed by atoms with Crippen molar-refractivity contribution in [2.24, 2.45) is 5.73 Å². The van der Waals surface area contributed by atoms with Crippen LogP contribution in [0.5, 0.6) is 0 Å². The maximum atomic E-state index is 11.1. The number of urea groups is 1. The van der Waals surface area contributed by atoms with Crippen molar-refractivity contribution in [3.8, 4) is 0 Å². The number of carbonyl (C=O) groups is 2. The van der Waals surface area contributed by atoms with Crippen LogP contribution in [0.25, 0.3) is 0 Å². The molecule has 0 heterocycles. The van der Waals surface area contributed by atoms with E-state index >= 15 is 0 Å². The number of carbonyl (C=O) groups excluding carboxylic acids is 2. The SMILES string of the molecule is Cc1cccc(SCC(=O)NC(N)=O)c1N. The number of para-hydroxylation sites is 1. The molecule has 1 aromatic rings. The molecular formula is C10H13N3O2S. The van der Waals surface area contributed by atoms with Crippen LogP contribution < -0.4 is 16.8 Å². The van der Waals surface area contributed by atoms with Gasteiger partial charge in [-0.3, -0.25) is 10.1 Å². The van der Waals surface area contributed by atoms with Crippen molar-refractivity contribution >= 4 is 29.4 Å². The van der Waals surface area contributed by atoms with Crippen LogP contribution in [0.15, 0.2) is 23.1 Å². The molecule has 5 nitrogen and oxygen atoms in total. The largest absolute Gasteiger partial charge is 0.398 e. The molecule has 1 aromatic carbocycles. The van der Waals surface area contributed by atoms with Gasteiger partial charge in [-0.2, -0.15) is 0 Å². The zero-order chi connectivity index (χ0) is 12.1. The topological polar surface area (TPSA) is 98.2 Å². The van der Waals surface area contributed by atoms with Gasteiger partial charge in [0.1, 0.15) is 0 Å². The fraction of sp³-hybridized carbons (Fsp3) is 0.200. The Bertz CT molecular complexity index is 421. The second-order valence-electron chi connectivity index (χ2n) is 3.19. The molecule has 16 heavy (non-hydrogen) atoms. The molecular weight excluding hydrogens is 226 g/mol. The molecule has 0 aliphatic carbocycles. The highest BCUT2D eigenvalue weighted by atomic mass is 32.2. The minimum absolute atomic E-state index is 0.108. The summed E-state index contributed by atoms with van der Waals surface area (Å²) in [5.41, 5.74) is 12.2. The number of primary amides is 1. The van der Waals surface area contributed by atoms with E-state index in [9.17, 15) is 9.59 Å². The van der Waals surface area contributed by atoms with Crippen LogP contribution in [0.4, 0.5) is 10.5 Å². The minimum atomic E-state index is -0.845. The zero-order valence-electron chi connectivity index (χ0n) is 8.82. The molecule has 5 N–H and O–H groups in total. The van der Waals surface area contributed by atoms with E-state index in [-0.39, 0.29) is 5.75 Å². The first-order valence-electron chi connectivity index (χ1n) is 4.58. The first kappa shape index (κ1) is 12.4. The first-order valence-corrected chi connectivity index (χ1v) is 5.56. The third-order valence-electron chi connectivity index (χ3n) is 1.91. The normalized spacial score (nSPS) is 9.81. The second kappa shape index (κ2) is 5.41. The van der Waals surface area contributed by atoms with Crippen molar-refractivity contribution in [3.63, 3.8) is 0 Å². The van der Waals surface area contributed by atoms with Gasteiger partial charge in [0.2, 0.25) is 5.91 Å². The van der Waals surface area contributed by atoms with Crippen molar-refractivity contribution in [2.75, 3.05) is 11.5 Å². The fourth-order valence-corrected chi connectivity index (χ4v) is 1.95. The van der Waals surface area contributed by atoms with Crippen molar-refractivity contribution in [3.05, 3.63) is 23.8 Å². The molecule has 0 radical (unpaired) electrons. The Morgan fingerprint density at radius 3 is 2.75 bits per heavy atom. The number of hydrogen-bond acceptors (Lipinski definition) is 4. The van der Waals surface area contributed by atoms with E-state index in [0.29, 0.717) is 5.69 Å². The maximum absolute atomic E-state index is 11.1. The zero-order valence-corrected chi connectivity index (χ0v) is 9.64. The average Bonchev–Trinajstić information content (AvgIpc) is 2.19. The van der Waals surface area contributed by atoms with Crippen LogP contribution >= 0.6 is 11.8 Å². The van der Waals surface area contributed by atoms with Crippen LogP contribution in [0, 0.1) is 6.92 Å². The third kappa shape index (κ3) is 3.47. The van der Waals surface area contributed by atoms with Crippen LogP contribution in [0.2, 0.25) is 0 Å². The lowest BCUT2D eigenvalue weighted by molar-refractivity contribution is -0.117. The summed E-state index contributed by atoms with van der Waals surface area (Å²) in [7, 11) is 0. The number of imide groups is 1. The van der Waals surface area contributed by atoms with Gasteiger partial charge in [-0.05, 0) is 18.6 Å². The lowest BCUT2D eigenvalue weighted by Gasteiger charge is -2.07. The highest BCUT2D eigenvalue weighted by molar-refractivity contribution is 8.00. The molecule has 6 heteroatoms. The lowest BCUT2D eigenvalue weighted by atomic mass is 10.2. The number of nitrogen functional groups attached to an aromatic ring is 1. The smallest absolute Gasteiger partial charge is 0.318 e. The van der Waals surface area contributed by atoms with E-state index in [2.05, 4.69) is 0 Å². The molecule has 0 fully saturated rings. The highest BCUT2D eigenvalue weighted by Crippen LogP contribution is 2.26. The number of anilines is 1. The summed E-state index contributed by atoms with van der Waals surface area (Å²) in [6.45, 7) is 1.89. The van der Waals surface area contributed by atoms with Gasteiger partial charge in [0, 0.05) is 10.6 Å². The average molecular weight is 239 g/mol. The summed E-state index contributed by atoms with van der Waals surface area (Å²) in [6.07, 6.45) is 0. The molecule has 0 saturated heterocycles. The van der Waals surface area contributed by atoms with Crippen molar-refractivity contribution in [2.45, 2.75) is 11.8 Å². The van der Waals surface area contributed by atoms with Crippen molar-refractivity contribution < 1.29 is 9.59 Å². The molecule has 0 aliphatic heterocycles. The number of rotatable bonds is 3. The van der Waals surface area contributed by atoms with Crippen LogP contribution in [0.1, 0.15) is 5.56 Å². The summed E-state index contributed by atoms with van der Waals surface area (Å²) < 4.78 is 0. The Labute approximate surface area is 97.6 Å². The monoisotopic (exact) mass is 239 g/mol. The van der Waals surface area contributed by atoms with Gasteiger partial charge in [-0.1, -0.05) is 12.1 Å². The molecule has 0 spiro atoms. The second-order valence-corrected chi connectivity index (χ2v) is 4.21. The number of thioether (sulfide) groups is 1. The predicted molar refractivity (Wildman–Crippen MR) is 64.0 cm³/mol. The molecule has 1 rings (SSSR count). The molecule has 0 saturated carbocycles. The van der Waals surface area contributed by atoms with E-state index in [4.69, 9.17) is 11.5 Å². The summed E-state index contributed by atoms with van der Waals surface area (Å²) in [4.78, 5) is 22.4. The standard InChI is InChI=1S/C10H13N3O2S/c1-6-3-2-4-7(9(6)11)16-5-8(14)13-10(12)15/h2-4H,5,11H2,1H3,(H3,12,13,14,15). The third-order valence-corrected chi connectivity index (χ3v) is 2.98. The van der Waals surface area contributed by atoms with Gasteiger partial charge in [-0.25, -0.2) is 4.79 Å². The number of nitrogens with one attached hydrogen (secondary N) is 1. The van der Waals surface area contributed by atoms with Crippen LogP contribution in [-0.4, -0.2) is 17.7 Å². The predicted octanol–water partition coefficient (Wildman–Crippen LogP) is 0.864. The molecule has 0 bridgehead atoms. The fourth-order valence-electron chi connectivity index (χ4n) is 1.10. The molecule has 0 atom stereocenters. The lowest BCUT2D eigenvalue weighted by Crippen LogP contribution is -2.36.